The topological polar surface area (TPSA) is 60.9 Å². The lowest BCUT2D eigenvalue weighted by molar-refractivity contribution is -0.120. The zero-order valence-electron chi connectivity index (χ0n) is 16.8. The highest BCUT2D eigenvalue weighted by Gasteiger charge is 2.30. The van der Waals surface area contributed by atoms with E-state index >= 15 is 0 Å². The van der Waals surface area contributed by atoms with Crippen molar-refractivity contribution in [3.05, 3.63) is 23.8 Å². The third kappa shape index (κ3) is 3.84. The average Bonchev–Trinajstić information content (AvgIpc) is 3.24. The number of sulfonamides is 1. The highest BCUT2D eigenvalue weighted by atomic mass is 32.2. The number of carbonyl (C=O) groups is 1. The van der Waals surface area contributed by atoms with Crippen LogP contribution in [0.1, 0.15) is 51.0 Å². The Labute approximate surface area is 168 Å². The fourth-order valence-electron chi connectivity index (χ4n) is 4.72. The van der Waals surface area contributed by atoms with E-state index in [1.807, 2.05) is 11.0 Å². The maximum Gasteiger partial charge on any atom is 0.243 e. The summed E-state index contributed by atoms with van der Waals surface area (Å²) in [4.78, 5) is 17.5. The summed E-state index contributed by atoms with van der Waals surface area (Å²) in [7, 11) is -3.42. The SMILES string of the molecule is CC1CCCCN1CC(=O)N1CCCc2cc(S(=O)(=O)N3CCCC3)ccc21. The highest BCUT2D eigenvalue weighted by Crippen LogP contribution is 2.31. The van der Waals surface area contributed by atoms with Gasteiger partial charge in [0.05, 0.1) is 11.4 Å². The van der Waals surface area contributed by atoms with Crippen molar-refractivity contribution in [1.82, 2.24) is 9.21 Å². The number of amides is 1. The molecule has 2 saturated heterocycles. The van der Waals surface area contributed by atoms with Crippen molar-refractivity contribution in [3.8, 4) is 0 Å². The summed E-state index contributed by atoms with van der Waals surface area (Å²) < 4.78 is 27.3. The van der Waals surface area contributed by atoms with Crippen LogP contribution in [0.5, 0.6) is 0 Å². The Morgan fingerprint density at radius 1 is 1.04 bits per heavy atom. The number of carbonyl (C=O) groups excluding carboxylic acids is 1. The summed E-state index contributed by atoms with van der Waals surface area (Å²) >= 11 is 0. The number of benzene rings is 1. The molecule has 4 rings (SSSR count). The molecule has 28 heavy (non-hydrogen) atoms. The van der Waals surface area contributed by atoms with Gasteiger partial charge < -0.3 is 4.90 Å². The van der Waals surface area contributed by atoms with Crippen LogP contribution >= 0.6 is 0 Å². The monoisotopic (exact) mass is 405 g/mol. The predicted molar refractivity (Wildman–Crippen MR) is 110 cm³/mol. The van der Waals surface area contributed by atoms with Crippen molar-refractivity contribution >= 4 is 21.6 Å². The fourth-order valence-corrected chi connectivity index (χ4v) is 6.29. The molecule has 0 saturated carbocycles. The summed E-state index contributed by atoms with van der Waals surface area (Å²) in [5.41, 5.74) is 1.87. The van der Waals surface area contributed by atoms with Gasteiger partial charge >= 0.3 is 0 Å². The van der Waals surface area contributed by atoms with Crippen molar-refractivity contribution < 1.29 is 13.2 Å². The Morgan fingerprint density at radius 2 is 1.79 bits per heavy atom. The lowest BCUT2D eigenvalue weighted by Gasteiger charge is -2.36. The number of hydrogen-bond acceptors (Lipinski definition) is 4. The highest BCUT2D eigenvalue weighted by molar-refractivity contribution is 7.89. The zero-order chi connectivity index (χ0) is 19.7. The molecule has 6 nitrogen and oxygen atoms in total. The van der Waals surface area contributed by atoms with E-state index in [4.69, 9.17) is 0 Å². The molecule has 3 aliphatic rings. The first kappa shape index (κ1) is 19.9. The number of rotatable bonds is 4. The second kappa shape index (κ2) is 8.13. The first-order chi connectivity index (χ1) is 13.5. The van der Waals surface area contributed by atoms with E-state index in [-0.39, 0.29) is 5.91 Å². The Kier molecular flexibility index (Phi) is 5.76. The van der Waals surface area contributed by atoms with Gasteiger partial charge in [-0.05, 0) is 75.8 Å². The summed E-state index contributed by atoms with van der Waals surface area (Å²) in [6, 6.07) is 5.78. The van der Waals surface area contributed by atoms with Crippen LogP contribution in [0.3, 0.4) is 0 Å². The Hall–Kier alpha value is -1.44. The van der Waals surface area contributed by atoms with Gasteiger partial charge in [0.15, 0.2) is 0 Å². The molecule has 1 atom stereocenters. The van der Waals surface area contributed by atoms with Crippen molar-refractivity contribution in [2.24, 2.45) is 0 Å². The van der Waals surface area contributed by atoms with Gasteiger partial charge in [-0.1, -0.05) is 6.42 Å². The average molecular weight is 406 g/mol. The molecule has 0 spiro atoms. The minimum Gasteiger partial charge on any atom is -0.311 e. The zero-order valence-corrected chi connectivity index (χ0v) is 17.6. The third-order valence-electron chi connectivity index (χ3n) is 6.45. The van der Waals surface area contributed by atoms with Crippen LogP contribution in [0.2, 0.25) is 0 Å². The summed E-state index contributed by atoms with van der Waals surface area (Å²) in [5, 5.41) is 0. The second-order valence-electron chi connectivity index (χ2n) is 8.37. The van der Waals surface area contributed by atoms with Crippen LogP contribution in [-0.4, -0.2) is 62.3 Å². The number of likely N-dealkylation sites (tertiary alicyclic amines) is 1. The standard InChI is InChI=1S/C21H31N3O3S/c1-17-7-2-3-11-22(17)16-21(25)24-14-6-8-18-15-19(9-10-20(18)24)28(26,27)23-12-4-5-13-23/h9-10,15,17H,2-8,11-14,16H2,1H3. The maximum atomic E-state index is 13.0. The van der Waals surface area contributed by atoms with Crippen molar-refractivity contribution in [2.45, 2.75) is 62.8 Å². The molecule has 3 aliphatic heterocycles. The lowest BCUT2D eigenvalue weighted by atomic mass is 10.0. The van der Waals surface area contributed by atoms with Crippen LogP contribution in [-0.2, 0) is 21.2 Å². The molecular formula is C21H31N3O3S. The number of fused-ring (bicyclic) bond motifs is 1. The summed E-state index contributed by atoms with van der Waals surface area (Å²) in [6.45, 7) is 5.57. The number of piperidine rings is 1. The van der Waals surface area contributed by atoms with Gasteiger partial charge in [-0.3, -0.25) is 9.69 Å². The largest absolute Gasteiger partial charge is 0.311 e. The summed E-state index contributed by atoms with van der Waals surface area (Å²) in [5.74, 6) is 0.129. The molecular weight excluding hydrogens is 374 g/mol. The predicted octanol–water partition coefficient (Wildman–Crippen LogP) is 2.62. The molecule has 0 radical (unpaired) electrons. The van der Waals surface area contributed by atoms with E-state index in [0.717, 1.165) is 56.3 Å². The van der Waals surface area contributed by atoms with Crippen molar-refractivity contribution in [2.75, 3.05) is 37.6 Å². The van der Waals surface area contributed by atoms with Gasteiger partial charge in [0, 0.05) is 31.4 Å². The number of hydrogen-bond donors (Lipinski definition) is 0. The molecule has 0 N–H and O–H groups in total. The molecule has 0 aliphatic carbocycles. The molecule has 0 bridgehead atoms. The molecule has 3 heterocycles. The van der Waals surface area contributed by atoms with Crippen molar-refractivity contribution in [1.29, 1.82) is 0 Å². The Morgan fingerprint density at radius 3 is 2.54 bits per heavy atom. The van der Waals surface area contributed by atoms with E-state index in [2.05, 4.69) is 11.8 Å². The Balaban J connectivity index is 1.54. The third-order valence-corrected chi connectivity index (χ3v) is 8.35. The first-order valence-corrected chi connectivity index (χ1v) is 12.1. The number of anilines is 1. The van der Waals surface area contributed by atoms with Crippen LogP contribution in [0.25, 0.3) is 0 Å². The van der Waals surface area contributed by atoms with Gasteiger partial charge in [0.25, 0.3) is 0 Å². The fraction of sp³-hybridized carbons (Fsp3) is 0.667. The second-order valence-corrected chi connectivity index (χ2v) is 10.3. The molecule has 154 valence electrons. The van der Waals surface area contributed by atoms with Crippen LogP contribution in [0.4, 0.5) is 5.69 Å². The molecule has 1 aromatic rings. The quantitative estimate of drug-likeness (QED) is 0.773. The van der Waals surface area contributed by atoms with Gasteiger partial charge in [0.2, 0.25) is 15.9 Å². The molecule has 1 aromatic carbocycles. The van der Waals surface area contributed by atoms with E-state index < -0.39 is 10.0 Å². The van der Waals surface area contributed by atoms with Crippen LogP contribution < -0.4 is 4.90 Å². The van der Waals surface area contributed by atoms with Crippen LogP contribution in [0, 0.1) is 0 Å². The van der Waals surface area contributed by atoms with E-state index in [9.17, 15) is 13.2 Å². The van der Waals surface area contributed by atoms with E-state index in [1.165, 1.54) is 6.42 Å². The number of nitrogens with zero attached hydrogens (tertiary/aromatic N) is 3. The maximum absolute atomic E-state index is 13.0. The van der Waals surface area contributed by atoms with Crippen LogP contribution in [0.15, 0.2) is 23.1 Å². The van der Waals surface area contributed by atoms with Gasteiger partial charge in [-0.2, -0.15) is 4.31 Å². The van der Waals surface area contributed by atoms with Gasteiger partial charge in [-0.25, -0.2) is 8.42 Å². The molecule has 7 heteroatoms. The first-order valence-electron chi connectivity index (χ1n) is 10.6. The smallest absolute Gasteiger partial charge is 0.243 e. The molecule has 2 fully saturated rings. The van der Waals surface area contributed by atoms with E-state index in [0.29, 0.717) is 37.1 Å². The van der Waals surface area contributed by atoms with Gasteiger partial charge in [0.1, 0.15) is 0 Å². The Bertz CT molecular complexity index is 833. The van der Waals surface area contributed by atoms with Crippen molar-refractivity contribution in [3.63, 3.8) is 0 Å². The lowest BCUT2D eigenvalue weighted by Crippen LogP contribution is -2.47. The number of aryl methyl sites for hydroxylation is 1. The minimum atomic E-state index is -3.42. The molecule has 1 amide bonds. The normalized spacial score (nSPS) is 24.3. The molecule has 1 unspecified atom stereocenters. The molecule has 0 aromatic heterocycles. The summed E-state index contributed by atoms with van der Waals surface area (Å²) in [6.07, 6.45) is 7.12. The van der Waals surface area contributed by atoms with Gasteiger partial charge in [-0.15, -0.1) is 0 Å². The minimum absolute atomic E-state index is 0.129. The van der Waals surface area contributed by atoms with E-state index in [1.54, 1.807) is 16.4 Å².